The Kier molecular flexibility index (Phi) is 5.68. The Hall–Kier alpha value is -2.67. The standard InChI is InChI=1S/C19H19NO5S/c1-23-14-8-13(10-16-18(21)20-19(22)26-16)9-15(24-2)17(14)25-11-12-6-4-3-5-7-12/h3-9,16H,10-11H2,1-2H3,(H,20,21,22). The first-order valence-corrected chi connectivity index (χ1v) is 8.91. The Morgan fingerprint density at radius 2 is 1.65 bits per heavy atom. The number of rotatable bonds is 7. The van der Waals surface area contributed by atoms with Crippen LogP contribution < -0.4 is 19.5 Å². The third kappa shape index (κ3) is 4.11. The summed E-state index contributed by atoms with van der Waals surface area (Å²) in [5.74, 6) is 1.26. The molecule has 0 radical (unpaired) electrons. The number of amides is 2. The topological polar surface area (TPSA) is 73.9 Å². The zero-order valence-electron chi connectivity index (χ0n) is 14.5. The average molecular weight is 373 g/mol. The van der Waals surface area contributed by atoms with Crippen molar-refractivity contribution < 1.29 is 23.8 Å². The van der Waals surface area contributed by atoms with Crippen molar-refractivity contribution in [2.45, 2.75) is 18.3 Å². The predicted octanol–water partition coefficient (Wildman–Crippen LogP) is 3.18. The van der Waals surface area contributed by atoms with Crippen molar-refractivity contribution in [1.29, 1.82) is 0 Å². The predicted molar refractivity (Wildman–Crippen MR) is 98.9 cm³/mol. The first-order valence-electron chi connectivity index (χ1n) is 8.04. The summed E-state index contributed by atoms with van der Waals surface area (Å²) in [5, 5.41) is 1.52. The Balaban J connectivity index is 1.81. The lowest BCUT2D eigenvalue weighted by atomic mass is 10.1. The highest BCUT2D eigenvalue weighted by molar-refractivity contribution is 8.15. The number of carbonyl (C=O) groups excluding carboxylic acids is 2. The first-order chi connectivity index (χ1) is 12.6. The van der Waals surface area contributed by atoms with Gasteiger partial charge in [-0.05, 0) is 29.7 Å². The lowest BCUT2D eigenvalue weighted by Crippen LogP contribution is -2.25. The van der Waals surface area contributed by atoms with Crippen LogP contribution in [0.15, 0.2) is 42.5 Å². The van der Waals surface area contributed by atoms with E-state index in [4.69, 9.17) is 14.2 Å². The van der Waals surface area contributed by atoms with Crippen molar-refractivity contribution in [1.82, 2.24) is 5.32 Å². The van der Waals surface area contributed by atoms with E-state index in [0.29, 0.717) is 30.3 Å². The Labute approximate surface area is 155 Å². The number of nitrogens with one attached hydrogen (secondary N) is 1. The number of imide groups is 1. The molecule has 1 heterocycles. The summed E-state index contributed by atoms with van der Waals surface area (Å²) in [5.41, 5.74) is 1.85. The van der Waals surface area contributed by atoms with Gasteiger partial charge in [0.15, 0.2) is 11.5 Å². The van der Waals surface area contributed by atoms with Gasteiger partial charge in [-0.25, -0.2) is 0 Å². The van der Waals surface area contributed by atoms with Crippen molar-refractivity contribution in [3.8, 4) is 17.2 Å². The largest absolute Gasteiger partial charge is 0.493 e. The van der Waals surface area contributed by atoms with Crippen molar-refractivity contribution >= 4 is 22.9 Å². The SMILES string of the molecule is COc1cc(CC2SC(=O)NC2=O)cc(OC)c1OCc1ccccc1. The molecule has 0 spiro atoms. The van der Waals surface area contributed by atoms with Crippen molar-refractivity contribution in [3.63, 3.8) is 0 Å². The molecule has 1 aliphatic heterocycles. The molecule has 3 rings (SSSR count). The van der Waals surface area contributed by atoms with Gasteiger partial charge in [-0.2, -0.15) is 0 Å². The molecule has 7 heteroatoms. The van der Waals surface area contributed by atoms with Gasteiger partial charge in [-0.15, -0.1) is 0 Å². The van der Waals surface area contributed by atoms with Crippen molar-refractivity contribution in [2.75, 3.05) is 14.2 Å². The monoisotopic (exact) mass is 373 g/mol. The Bertz CT molecular complexity index is 784. The van der Waals surface area contributed by atoms with Gasteiger partial charge in [0.05, 0.1) is 19.5 Å². The maximum Gasteiger partial charge on any atom is 0.286 e. The van der Waals surface area contributed by atoms with E-state index in [1.165, 1.54) is 0 Å². The molecule has 26 heavy (non-hydrogen) atoms. The minimum atomic E-state index is -0.451. The fraction of sp³-hybridized carbons (Fsp3) is 0.263. The van der Waals surface area contributed by atoms with Gasteiger partial charge in [0.1, 0.15) is 6.61 Å². The molecule has 0 aliphatic carbocycles. The number of methoxy groups -OCH3 is 2. The second-order valence-corrected chi connectivity index (χ2v) is 6.87. The van der Waals surface area contributed by atoms with Gasteiger partial charge >= 0.3 is 0 Å². The molecule has 1 atom stereocenters. The highest BCUT2D eigenvalue weighted by Gasteiger charge is 2.32. The summed E-state index contributed by atoms with van der Waals surface area (Å²) in [6.07, 6.45) is 0.397. The van der Waals surface area contributed by atoms with Crippen molar-refractivity contribution in [2.24, 2.45) is 0 Å². The van der Waals surface area contributed by atoms with Crippen molar-refractivity contribution in [3.05, 3.63) is 53.6 Å². The van der Waals surface area contributed by atoms with E-state index < -0.39 is 5.25 Å². The molecule has 2 aromatic carbocycles. The molecule has 1 saturated heterocycles. The van der Waals surface area contributed by atoms with Crippen LogP contribution in [-0.4, -0.2) is 30.6 Å². The fourth-order valence-corrected chi connectivity index (χ4v) is 3.53. The lowest BCUT2D eigenvalue weighted by Gasteiger charge is -2.17. The van der Waals surface area contributed by atoms with Gasteiger partial charge in [0.25, 0.3) is 5.24 Å². The van der Waals surface area contributed by atoms with E-state index in [9.17, 15) is 9.59 Å². The van der Waals surface area contributed by atoms with Gasteiger partial charge in [-0.3, -0.25) is 14.9 Å². The highest BCUT2D eigenvalue weighted by Crippen LogP contribution is 2.40. The van der Waals surface area contributed by atoms with E-state index >= 15 is 0 Å². The van der Waals surface area contributed by atoms with E-state index in [1.807, 2.05) is 30.3 Å². The van der Waals surface area contributed by atoms with E-state index in [-0.39, 0.29) is 11.1 Å². The number of thioether (sulfide) groups is 1. The van der Waals surface area contributed by atoms with Crippen LogP contribution >= 0.6 is 11.8 Å². The molecule has 0 saturated carbocycles. The summed E-state index contributed by atoms with van der Waals surface area (Å²) in [6, 6.07) is 13.4. The van der Waals surface area contributed by atoms with Crippen LogP contribution in [0.1, 0.15) is 11.1 Å². The van der Waals surface area contributed by atoms with Crippen LogP contribution in [0.4, 0.5) is 4.79 Å². The summed E-state index contributed by atoms with van der Waals surface area (Å²) in [4.78, 5) is 23.1. The van der Waals surface area contributed by atoms with Crippen LogP contribution in [0.5, 0.6) is 17.2 Å². The zero-order chi connectivity index (χ0) is 18.5. The van der Waals surface area contributed by atoms with Crippen LogP contribution in [-0.2, 0) is 17.8 Å². The summed E-state index contributed by atoms with van der Waals surface area (Å²) < 4.78 is 16.8. The zero-order valence-corrected chi connectivity index (χ0v) is 15.3. The summed E-state index contributed by atoms with van der Waals surface area (Å²) >= 11 is 0.995. The van der Waals surface area contributed by atoms with Crippen LogP contribution in [0.2, 0.25) is 0 Å². The third-order valence-corrected chi connectivity index (χ3v) is 4.92. The molecule has 0 aromatic heterocycles. The molecule has 2 aromatic rings. The molecule has 1 fully saturated rings. The van der Waals surface area contributed by atoms with Gasteiger partial charge < -0.3 is 14.2 Å². The van der Waals surface area contributed by atoms with E-state index in [0.717, 1.165) is 22.9 Å². The quantitative estimate of drug-likeness (QED) is 0.804. The normalized spacial score (nSPS) is 16.3. The molecule has 0 bridgehead atoms. The maximum absolute atomic E-state index is 11.8. The number of carbonyl (C=O) groups is 2. The Morgan fingerprint density at radius 1 is 1.00 bits per heavy atom. The smallest absolute Gasteiger partial charge is 0.286 e. The maximum atomic E-state index is 11.8. The second kappa shape index (κ2) is 8.14. The number of ether oxygens (including phenoxy) is 3. The van der Waals surface area contributed by atoms with Gasteiger partial charge in [0.2, 0.25) is 11.7 Å². The van der Waals surface area contributed by atoms with Crippen LogP contribution in [0.25, 0.3) is 0 Å². The fourth-order valence-electron chi connectivity index (χ4n) is 2.67. The molecule has 1 N–H and O–H groups in total. The van der Waals surface area contributed by atoms with Crippen LogP contribution in [0.3, 0.4) is 0 Å². The molecule has 1 aliphatic rings. The molecular formula is C19H19NO5S. The molecule has 2 amide bonds. The minimum Gasteiger partial charge on any atom is -0.493 e. The Morgan fingerprint density at radius 3 is 2.19 bits per heavy atom. The molecule has 6 nitrogen and oxygen atoms in total. The average Bonchev–Trinajstić information content (AvgIpc) is 2.97. The van der Waals surface area contributed by atoms with Crippen LogP contribution in [0, 0.1) is 0 Å². The summed E-state index contributed by atoms with van der Waals surface area (Å²) in [7, 11) is 3.10. The molecule has 1 unspecified atom stereocenters. The van der Waals surface area contributed by atoms with Gasteiger partial charge in [0, 0.05) is 0 Å². The highest BCUT2D eigenvalue weighted by atomic mass is 32.2. The summed E-state index contributed by atoms with van der Waals surface area (Å²) in [6.45, 7) is 0.377. The number of hydrogen-bond acceptors (Lipinski definition) is 6. The first kappa shape index (κ1) is 18.1. The minimum absolute atomic E-state index is 0.276. The second-order valence-electron chi connectivity index (χ2n) is 5.69. The number of benzene rings is 2. The van der Waals surface area contributed by atoms with Gasteiger partial charge in [-0.1, -0.05) is 42.1 Å². The molecule has 136 valence electrons. The van der Waals surface area contributed by atoms with E-state index in [2.05, 4.69) is 5.32 Å². The lowest BCUT2D eigenvalue weighted by molar-refractivity contribution is -0.118. The number of hydrogen-bond donors (Lipinski definition) is 1. The third-order valence-electron chi connectivity index (χ3n) is 3.93. The van der Waals surface area contributed by atoms with E-state index in [1.54, 1.807) is 26.4 Å². The molecular weight excluding hydrogens is 354 g/mol.